The predicted octanol–water partition coefficient (Wildman–Crippen LogP) is 7.09. The molecule has 0 aromatic rings. The van der Waals surface area contributed by atoms with Gasteiger partial charge in [0.1, 0.15) is 0 Å². The number of ether oxygens (including phenoxy) is 1. The molecule has 4 aliphatic rings. The summed E-state index contributed by atoms with van der Waals surface area (Å²) in [6.07, 6.45) is 14.8. The van der Waals surface area contributed by atoms with Crippen molar-refractivity contribution in [2.75, 3.05) is 7.11 Å². The first kappa shape index (κ1) is 23.1. The standard InChI is InChI=1S/C28H50O2/c1-18(2)8-7-9-19(3)22-10-11-23-21-17-26(29)25-16-20(30-6)12-14-28(25,5)24(21)13-15-27(22,23)4/h18-26,29H,7-17H2,1-6H3/t19-,20+,21+,22-,23+,24+,25-,26+,27-,28-/m1/s1. The van der Waals surface area contributed by atoms with E-state index < -0.39 is 0 Å². The molecule has 0 radical (unpaired) electrons. The van der Waals surface area contributed by atoms with Crippen molar-refractivity contribution in [1.29, 1.82) is 0 Å². The second-order valence-corrected chi connectivity index (χ2v) is 13.0. The number of aliphatic hydroxyl groups excluding tert-OH is 1. The molecule has 174 valence electrons. The van der Waals surface area contributed by atoms with Crippen LogP contribution in [0, 0.1) is 52.3 Å². The largest absolute Gasteiger partial charge is 0.393 e. The molecule has 0 amide bonds. The number of hydrogen-bond donors (Lipinski definition) is 1. The molecule has 0 bridgehead atoms. The molecule has 30 heavy (non-hydrogen) atoms. The lowest BCUT2D eigenvalue weighted by atomic mass is 9.43. The van der Waals surface area contributed by atoms with Crippen LogP contribution in [0.5, 0.6) is 0 Å². The number of rotatable bonds is 6. The molecule has 0 unspecified atom stereocenters. The highest BCUT2D eigenvalue weighted by atomic mass is 16.5. The lowest BCUT2D eigenvalue weighted by Crippen LogP contribution is -2.58. The molecule has 0 aromatic heterocycles. The van der Waals surface area contributed by atoms with Crippen LogP contribution in [0.2, 0.25) is 0 Å². The average Bonchev–Trinajstić information content (AvgIpc) is 3.05. The summed E-state index contributed by atoms with van der Waals surface area (Å²) in [7, 11) is 1.86. The van der Waals surface area contributed by atoms with Crippen molar-refractivity contribution in [3.63, 3.8) is 0 Å². The van der Waals surface area contributed by atoms with Gasteiger partial charge in [0.25, 0.3) is 0 Å². The Hall–Kier alpha value is -0.0800. The Kier molecular flexibility index (Phi) is 6.69. The molecule has 2 heteroatoms. The van der Waals surface area contributed by atoms with E-state index in [0.717, 1.165) is 48.3 Å². The van der Waals surface area contributed by atoms with Crippen molar-refractivity contribution >= 4 is 0 Å². The molecule has 0 spiro atoms. The lowest BCUT2D eigenvalue weighted by Gasteiger charge is -2.62. The van der Waals surface area contributed by atoms with Crippen molar-refractivity contribution in [3.8, 4) is 0 Å². The van der Waals surface area contributed by atoms with Crippen LogP contribution in [0.3, 0.4) is 0 Å². The highest BCUT2D eigenvalue weighted by molar-refractivity contribution is 5.11. The summed E-state index contributed by atoms with van der Waals surface area (Å²) >= 11 is 0. The van der Waals surface area contributed by atoms with E-state index in [2.05, 4.69) is 34.6 Å². The van der Waals surface area contributed by atoms with Crippen molar-refractivity contribution < 1.29 is 9.84 Å². The zero-order chi connectivity index (χ0) is 21.7. The van der Waals surface area contributed by atoms with Gasteiger partial charge < -0.3 is 9.84 Å². The van der Waals surface area contributed by atoms with Gasteiger partial charge in [-0.3, -0.25) is 0 Å². The maximum absolute atomic E-state index is 11.3. The maximum atomic E-state index is 11.3. The van der Waals surface area contributed by atoms with E-state index in [0.29, 0.717) is 22.9 Å². The zero-order valence-corrected chi connectivity index (χ0v) is 20.8. The molecule has 10 atom stereocenters. The summed E-state index contributed by atoms with van der Waals surface area (Å²) in [5, 5.41) is 11.3. The predicted molar refractivity (Wildman–Crippen MR) is 125 cm³/mol. The second kappa shape index (κ2) is 8.69. The van der Waals surface area contributed by atoms with Gasteiger partial charge in [-0.15, -0.1) is 0 Å². The summed E-state index contributed by atoms with van der Waals surface area (Å²) < 4.78 is 5.73. The van der Waals surface area contributed by atoms with Gasteiger partial charge in [0.2, 0.25) is 0 Å². The first-order valence-electron chi connectivity index (χ1n) is 13.4. The molecule has 4 fully saturated rings. The highest BCUT2D eigenvalue weighted by Crippen LogP contribution is 2.68. The minimum atomic E-state index is -0.112. The summed E-state index contributed by atoms with van der Waals surface area (Å²) in [6, 6.07) is 0. The van der Waals surface area contributed by atoms with E-state index in [1.54, 1.807) is 0 Å². The van der Waals surface area contributed by atoms with E-state index in [1.807, 2.05) is 7.11 Å². The van der Waals surface area contributed by atoms with E-state index in [-0.39, 0.29) is 6.10 Å². The molecule has 0 heterocycles. The summed E-state index contributed by atoms with van der Waals surface area (Å²) in [5.74, 6) is 5.50. The van der Waals surface area contributed by atoms with Gasteiger partial charge in [-0.25, -0.2) is 0 Å². The molecule has 4 saturated carbocycles. The fraction of sp³-hybridized carbons (Fsp3) is 1.00. The van der Waals surface area contributed by atoms with Crippen molar-refractivity contribution in [2.24, 2.45) is 52.3 Å². The molecular weight excluding hydrogens is 368 g/mol. The van der Waals surface area contributed by atoms with Crippen molar-refractivity contribution in [3.05, 3.63) is 0 Å². The number of methoxy groups -OCH3 is 1. The number of fused-ring (bicyclic) bond motifs is 5. The Morgan fingerprint density at radius 3 is 2.27 bits per heavy atom. The third kappa shape index (κ3) is 3.81. The average molecular weight is 419 g/mol. The van der Waals surface area contributed by atoms with Crippen LogP contribution >= 0.6 is 0 Å². The maximum Gasteiger partial charge on any atom is 0.0577 e. The Labute approximate surface area is 186 Å². The minimum Gasteiger partial charge on any atom is -0.393 e. The second-order valence-electron chi connectivity index (χ2n) is 13.0. The fourth-order valence-corrected chi connectivity index (χ4v) is 9.50. The van der Waals surface area contributed by atoms with Crippen LogP contribution in [0.1, 0.15) is 105 Å². The topological polar surface area (TPSA) is 29.5 Å². The monoisotopic (exact) mass is 418 g/mol. The normalized spacial score (nSPS) is 49.4. The Balaban J connectivity index is 1.49. The third-order valence-electron chi connectivity index (χ3n) is 11.2. The van der Waals surface area contributed by atoms with Crippen LogP contribution in [0.15, 0.2) is 0 Å². The Morgan fingerprint density at radius 1 is 0.867 bits per heavy atom. The van der Waals surface area contributed by atoms with E-state index in [4.69, 9.17) is 4.74 Å². The van der Waals surface area contributed by atoms with Crippen LogP contribution in [0.4, 0.5) is 0 Å². The SMILES string of the molecule is CO[C@H]1CC[C@@]2(C)[C@H](C1)[C@@H](O)C[C@@H]1[C@@H]2CC[C@]2(C)[C@@H]([C@H](C)CCCC(C)C)CC[C@@H]12. The molecule has 4 rings (SSSR count). The van der Waals surface area contributed by atoms with Crippen LogP contribution < -0.4 is 0 Å². The van der Waals surface area contributed by atoms with Gasteiger partial charge >= 0.3 is 0 Å². The van der Waals surface area contributed by atoms with Crippen LogP contribution in [0.25, 0.3) is 0 Å². The summed E-state index contributed by atoms with van der Waals surface area (Å²) in [4.78, 5) is 0. The lowest BCUT2D eigenvalue weighted by molar-refractivity contribution is -0.174. The third-order valence-corrected chi connectivity index (χ3v) is 11.2. The van der Waals surface area contributed by atoms with E-state index in [9.17, 15) is 5.11 Å². The van der Waals surface area contributed by atoms with Gasteiger partial charge in [0.15, 0.2) is 0 Å². The quantitative estimate of drug-likeness (QED) is 0.499. The van der Waals surface area contributed by atoms with Gasteiger partial charge in [-0.05, 0) is 104 Å². The first-order valence-corrected chi connectivity index (χ1v) is 13.4. The molecule has 0 aliphatic heterocycles. The van der Waals surface area contributed by atoms with Crippen LogP contribution in [-0.2, 0) is 4.74 Å². The smallest absolute Gasteiger partial charge is 0.0577 e. The van der Waals surface area contributed by atoms with E-state index in [1.165, 1.54) is 57.8 Å². The number of aliphatic hydroxyl groups is 1. The molecule has 0 aromatic carbocycles. The minimum absolute atomic E-state index is 0.112. The van der Waals surface area contributed by atoms with Gasteiger partial charge in [-0.1, -0.05) is 53.9 Å². The zero-order valence-electron chi connectivity index (χ0n) is 20.8. The first-order chi connectivity index (χ1) is 14.2. The Bertz CT molecular complexity index is 587. The van der Waals surface area contributed by atoms with Crippen molar-refractivity contribution in [1.82, 2.24) is 0 Å². The summed E-state index contributed by atoms with van der Waals surface area (Å²) in [5.41, 5.74) is 0.852. The molecule has 4 aliphatic carbocycles. The fourth-order valence-electron chi connectivity index (χ4n) is 9.50. The van der Waals surface area contributed by atoms with E-state index >= 15 is 0 Å². The molecule has 2 nitrogen and oxygen atoms in total. The molecular formula is C28H50O2. The van der Waals surface area contributed by atoms with Gasteiger partial charge in [-0.2, -0.15) is 0 Å². The molecule has 1 N–H and O–H groups in total. The van der Waals surface area contributed by atoms with Crippen molar-refractivity contribution in [2.45, 2.75) is 117 Å². The number of hydrogen-bond acceptors (Lipinski definition) is 2. The van der Waals surface area contributed by atoms with Gasteiger partial charge in [0.05, 0.1) is 12.2 Å². The Morgan fingerprint density at radius 2 is 1.57 bits per heavy atom. The molecule has 0 saturated heterocycles. The summed E-state index contributed by atoms with van der Waals surface area (Å²) in [6.45, 7) is 12.5. The van der Waals surface area contributed by atoms with Gasteiger partial charge in [0, 0.05) is 7.11 Å². The highest BCUT2D eigenvalue weighted by Gasteiger charge is 2.62. The van der Waals surface area contributed by atoms with Crippen LogP contribution in [-0.4, -0.2) is 24.4 Å².